The van der Waals surface area contributed by atoms with Crippen LogP contribution in [0.25, 0.3) is 0 Å². The molecule has 8 fully saturated rings. The number of rotatable bonds is 4. The predicted octanol–water partition coefficient (Wildman–Crippen LogP) is 12.2. The van der Waals surface area contributed by atoms with E-state index in [1.165, 1.54) is 23.7 Å². The van der Waals surface area contributed by atoms with E-state index >= 15 is 0 Å². The van der Waals surface area contributed by atoms with Crippen molar-refractivity contribution in [2.45, 2.75) is 49.4 Å². The van der Waals surface area contributed by atoms with Gasteiger partial charge in [-0.2, -0.15) is 0 Å². The summed E-state index contributed by atoms with van der Waals surface area (Å²) in [6.07, 6.45) is 75.0. The maximum atomic E-state index is 4.00. The molecule has 72 heavy (non-hydrogen) atoms. The molecule has 4 N–H and O–H groups in total. The Bertz CT molecular complexity index is 1680. The smallest absolute Gasteiger partial charge is 0.361 e. The van der Waals surface area contributed by atoms with Gasteiger partial charge in [-0.05, 0) is 307 Å². The van der Waals surface area contributed by atoms with Gasteiger partial charge in [-0.25, -0.2) is 0 Å². The molecular weight excluding hydrogens is 1050 g/mol. The zero-order valence-corrected chi connectivity index (χ0v) is 45.2. The van der Waals surface area contributed by atoms with E-state index in [4.69, 9.17) is 0 Å². The summed E-state index contributed by atoms with van der Waals surface area (Å²) < 4.78 is 0. The van der Waals surface area contributed by atoms with Crippen molar-refractivity contribution in [3.63, 3.8) is 0 Å². The molecule has 0 aromatic carbocycles. The summed E-state index contributed by atoms with van der Waals surface area (Å²) in [6, 6.07) is 18.3. The zero-order valence-electron chi connectivity index (χ0n) is 40.8. The van der Waals surface area contributed by atoms with E-state index in [9.17, 15) is 0 Å². The van der Waals surface area contributed by atoms with Gasteiger partial charge in [0, 0.05) is 69.2 Å². The summed E-state index contributed by atoms with van der Waals surface area (Å²) in [7, 11) is 0. The molecule has 1 aliphatic heterocycles. The van der Waals surface area contributed by atoms with Crippen LogP contribution in [-0.2, 0) is 89.9 Å². The average Bonchev–Trinajstić information content (AvgIpc) is 4.24. The van der Waals surface area contributed by atoms with Crippen molar-refractivity contribution in [2.75, 3.05) is 0 Å². The molecule has 9 aliphatic rings. The second kappa shape index (κ2) is 29.3. The first-order valence-corrected chi connectivity index (χ1v) is 23.6. The Hall–Kier alpha value is -0.802. The maximum Gasteiger partial charge on any atom is 2.00 e. The van der Waals surface area contributed by atoms with Crippen LogP contribution < -0.4 is 0 Å². The number of nitrogens with one attached hydrogen (secondary N) is 4. The van der Waals surface area contributed by atoms with Crippen molar-refractivity contribution in [1.29, 1.82) is 0 Å². The number of hydrogen-bond donors (Lipinski definition) is 4. The Labute approximate surface area is 482 Å². The molecule has 5 heterocycles. The molecule has 40 radical (unpaired) electrons. The van der Waals surface area contributed by atoms with Crippen molar-refractivity contribution in [2.24, 2.45) is 0 Å². The molecule has 4 aromatic rings. The predicted molar refractivity (Wildman–Crippen MR) is 277 cm³/mol. The largest absolute Gasteiger partial charge is 2.00 e. The van der Waals surface area contributed by atoms with Gasteiger partial charge >= 0.3 is 68.3 Å². The molecule has 8 heteroatoms. The van der Waals surface area contributed by atoms with Crippen LogP contribution in [0.3, 0.4) is 0 Å². The van der Waals surface area contributed by atoms with Gasteiger partial charge in [0.15, 0.2) is 0 Å². The standard InChI is InChI=1S/C44H40N4.4C5H5.4Fe/c1-41(29-13-5-6-14-29)33-21-23-35(45-33)42(2,30-15-7-8-16-30)37-25-27-39(47-37)44(4,32-19-11-12-20-32)40-28-26-38(48-40)43(3,31-17-9-10-18-31)36-24-22-34(41)46-36;4*1-2-4-5-3-1;;;;/h5-28,45-48H,1-4H3;4*1-5H;;;;/q;;;;;4*+2. The van der Waals surface area contributed by atoms with Crippen LogP contribution >= 0.6 is 0 Å². The van der Waals surface area contributed by atoms with Crippen LogP contribution in [0.15, 0.2) is 48.5 Å². The van der Waals surface area contributed by atoms with Gasteiger partial charge in [-0.3, -0.25) is 0 Å². The number of fused-ring (bicyclic) bond motifs is 8. The second-order valence-corrected chi connectivity index (χ2v) is 18.2. The summed E-state index contributed by atoms with van der Waals surface area (Å²) in [5.41, 5.74) is 7.37. The third kappa shape index (κ3) is 13.4. The Morgan fingerprint density at radius 1 is 0.194 bits per heavy atom. The Balaban J connectivity index is 0.000000333. The number of aromatic nitrogens is 4. The van der Waals surface area contributed by atoms with Crippen molar-refractivity contribution in [1.82, 2.24) is 19.9 Å². The van der Waals surface area contributed by atoms with Crippen LogP contribution in [0.1, 0.15) is 73.2 Å². The van der Waals surface area contributed by atoms with Crippen LogP contribution in [0, 0.1) is 255 Å². The molecule has 0 atom stereocenters. The molecular formula is C64H60Fe4N4+8. The Kier molecular flexibility index (Phi) is 25.2. The van der Waals surface area contributed by atoms with Gasteiger partial charge in [0.1, 0.15) is 0 Å². The minimum absolute atomic E-state index is 0. The molecule has 8 aliphatic carbocycles. The van der Waals surface area contributed by atoms with Crippen LogP contribution in [0.5, 0.6) is 0 Å². The number of hydrogen-bond acceptors (Lipinski definition) is 0. The SMILES string of the molecule is CC1([C]2[CH][CH][CH][CH]2)c2ccc([nH]2)C(C)([C]2[CH][CH][CH][CH]2)c2ccc([nH]2)C(C)([C]2[CH][CH][CH][CH]2)c2ccc([nH]2)C(C)([C]2[CH][CH][CH][CH]2)c2ccc1[nH]2.[CH]1[CH][CH][CH][CH]1.[CH]1[CH][CH][CH][CH]1.[CH]1[CH][CH][CH][CH]1.[CH]1[CH][CH][CH][CH]1.[Fe+2].[Fe+2].[Fe+2].[Fe+2]. The van der Waals surface area contributed by atoms with Crippen LogP contribution in [-0.4, -0.2) is 19.9 Å². The summed E-state index contributed by atoms with van der Waals surface area (Å²) in [4.78, 5) is 16.0. The molecule has 4 nitrogen and oxygen atoms in total. The first-order chi connectivity index (χ1) is 33.3. The summed E-state index contributed by atoms with van der Waals surface area (Å²) in [6.45, 7) is 9.34. The minimum Gasteiger partial charge on any atom is -0.361 e. The van der Waals surface area contributed by atoms with Crippen molar-refractivity contribution >= 4 is 0 Å². The van der Waals surface area contributed by atoms with Crippen molar-refractivity contribution in [3.05, 3.63) is 349 Å². The van der Waals surface area contributed by atoms with Gasteiger partial charge in [-0.1, -0.05) is 0 Å². The fourth-order valence-corrected chi connectivity index (χ4v) is 9.85. The van der Waals surface area contributed by atoms with E-state index in [1.807, 2.05) is 128 Å². The molecule has 8 saturated carbocycles. The Morgan fingerprint density at radius 2 is 0.306 bits per heavy atom. The van der Waals surface area contributed by atoms with E-state index in [2.05, 4.69) is 199 Å². The molecule has 13 rings (SSSR count). The first kappa shape index (κ1) is 62.0. The molecule has 360 valence electrons. The van der Waals surface area contributed by atoms with Gasteiger partial charge in [0.2, 0.25) is 0 Å². The third-order valence-electron chi connectivity index (χ3n) is 14.2. The van der Waals surface area contributed by atoms with Gasteiger partial charge in [0.05, 0.1) is 21.7 Å². The molecule has 0 spiro atoms. The molecule has 8 bridgehead atoms. The quantitative estimate of drug-likeness (QED) is 0.147. The molecule has 0 amide bonds. The van der Waals surface area contributed by atoms with Gasteiger partial charge < -0.3 is 19.9 Å². The first-order valence-electron chi connectivity index (χ1n) is 23.6. The van der Waals surface area contributed by atoms with Gasteiger partial charge in [-0.15, -0.1) is 0 Å². The van der Waals surface area contributed by atoms with Crippen LogP contribution in [0.4, 0.5) is 0 Å². The second-order valence-electron chi connectivity index (χ2n) is 18.2. The molecule has 0 unspecified atom stereocenters. The van der Waals surface area contributed by atoms with E-state index in [0.717, 1.165) is 45.6 Å². The fraction of sp³-hybridized carbons (Fsp3) is 0.125. The van der Waals surface area contributed by atoms with Gasteiger partial charge in [0.25, 0.3) is 0 Å². The fourth-order valence-electron chi connectivity index (χ4n) is 9.85. The van der Waals surface area contributed by atoms with E-state index in [0.29, 0.717) is 0 Å². The monoisotopic (exact) mass is 1110 g/mol. The van der Waals surface area contributed by atoms with E-state index in [-0.39, 0.29) is 68.3 Å². The maximum absolute atomic E-state index is 4.00. The summed E-state index contributed by atoms with van der Waals surface area (Å²) >= 11 is 0. The topological polar surface area (TPSA) is 63.2 Å². The Morgan fingerprint density at radius 3 is 0.417 bits per heavy atom. The van der Waals surface area contributed by atoms with Crippen molar-refractivity contribution < 1.29 is 68.3 Å². The van der Waals surface area contributed by atoms with Crippen molar-refractivity contribution in [3.8, 4) is 0 Å². The molecule has 0 saturated heterocycles. The van der Waals surface area contributed by atoms with Crippen LogP contribution in [0.2, 0.25) is 0 Å². The third-order valence-corrected chi connectivity index (χ3v) is 14.2. The zero-order chi connectivity index (χ0) is 46.9. The number of aromatic amines is 4. The average molecular weight is 1110 g/mol. The van der Waals surface area contributed by atoms with E-state index in [1.54, 1.807) is 0 Å². The number of H-pyrrole nitrogens is 4. The summed E-state index contributed by atoms with van der Waals surface area (Å²) in [5.74, 6) is 4.96. The minimum atomic E-state index is -0.449. The molecule has 4 aromatic heterocycles. The normalized spacial score (nSPS) is 29.2. The summed E-state index contributed by atoms with van der Waals surface area (Å²) in [5, 5.41) is 0. The van der Waals surface area contributed by atoms with E-state index < -0.39 is 21.7 Å².